The van der Waals surface area contributed by atoms with Gasteiger partial charge < -0.3 is 21.1 Å². The Morgan fingerprint density at radius 2 is 1.82 bits per heavy atom. The van der Waals surface area contributed by atoms with Gasteiger partial charge in [0.2, 0.25) is 5.91 Å². The summed E-state index contributed by atoms with van der Waals surface area (Å²) in [5.41, 5.74) is 10.7. The Balaban J connectivity index is 1.27. The van der Waals surface area contributed by atoms with Crippen molar-refractivity contribution in [2.24, 2.45) is 11.1 Å². The first-order chi connectivity index (χ1) is 19.2. The maximum absolute atomic E-state index is 13.3. The van der Waals surface area contributed by atoms with E-state index in [2.05, 4.69) is 30.5 Å². The summed E-state index contributed by atoms with van der Waals surface area (Å²) in [4.78, 5) is 38.1. The van der Waals surface area contributed by atoms with E-state index in [0.717, 1.165) is 79.2 Å². The van der Waals surface area contributed by atoms with Gasteiger partial charge in [-0.05, 0) is 80.7 Å². The highest BCUT2D eigenvalue weighted by atomic mass is 16.5. The van der Waals surface area contributed by atoms with E-state index in [9.17, 15) is 14.4 Å². The van der Waals surface area contributed by atoms with Crippen LogP contribution in [0, 0.1) is 5.41 Å². The lowest BCUT2D eigenvalue weighted by atomic mass is 9.80. The first-order valence-corrected chi connectivity index (χ1v) is 14.5. The highest BCUT2D eigenvalue weighted by Gasteiger charge is 2.35. The number of amides is 1. The van der Waals surface area contributed by atoms with Crippen LogP contribution in [0.4, 0.5) is 5.69 Å². The summed E-state index contributed by atoms with van der Waals surface area (Å²) in [5, 5.41) is 7.82. The Labute approximate surface area is 234 Å². The van der Waals surface area contributed by atoms with Gasteiger partial charge in [-0.2, -0.15) is 0 Å². The number of para-hydroxylation sites is 1. The number of rotatable bonds is 6. The van der Waals surface area contributed by atoms with Crippen molar-refractivity contribution in [2.45, 2.75) is 83.4 Å². The number of fused-ring (bicyclic) bond motifs is 3. The van der Waals surface area contributed by atoms with Crippen molar-refractivity contribution in [1.82, 2.24) is 9.88 Å². The monoisotopic (exact) mass is 542 g/mol. The Morgan fingerprint density at radius 1 is 1.05 bits per heavy atom. The number of carbonyl (C=O) groups is 3. The minimum atomic E-state index is -0.485. The number of carbonyl (C=O) groups excluding carboxylic acids is 3. The molecule has 8 nitrogen and oxygen atoms in total. The van der Waals surface area contributed by atoms with E-state index in [1.165, 1.54) is 0 Å². The second kappa shape index (κ2) is 10.4. The third kappa shape index (κ3) is 5.01. The molecule has 0 bridgehead atoms. The van der Waals surface area contributed by atoms with Crippen LogP contribution in [0.1, 0.15) is 79.6 Å². The zero-order chi connectivity index (χ0) is 28.0. The average Bonchev–Trinajstić information content (AvgIpc) is 3.56. The van der Waals surface area contributed by atoms with E-state index in [1.807, 2.05) is 34.9 Å². The maximum Gasteiger partial charge on any atom is 0.323 e. The Hall–Kier alpha value is -3.65. The molecule has 2 aliphatic heterocycles. The fraction of sp³-hybridized carbons (Fsp3) is 0.469. The van der Waals surface area contributed by atoms with Crippen LogP contribution >= 0.6 is 0 Å². The Kier molecular flexibility index (Phi) is 6.90. The third-order valence-electron chi connectivity index (χ3n) is 8.73. The van der Waals surface area contributed by atoms with Crippen LogP contribution in [-0.4, -0.2) is 47.1 Å². The molecule has 1 saturated heterocycles. The summed E-state index contributed by atoms with van der Waals surface area (Å²) in [7, 11) is 0. The number of hydrogen-bond acceptors (Lipinski definition) is 6. The van der Waals surface area contributed by atoms with Gasteiger partial charge in [0.1, 0.15) is 12.1 Å². The lowest BCUT2D eigenvalue weighted by molar-refractivity contribution is -0.152. The van der Waals surface area contributed by atoms with Crippen molar-refractivity contribution in [1.29, 1.82) is 0 Å². The van der Waals surface area contributed by atoms with Crippen molar-refractivity contribution >= 4 is 34.4 Å². The number of primary amides is 1. The van der Waals surface area contributed by atoms with Gasteiger partial charge in [0.05, 0.1) is 11.1 Å². The lowest BCUT2D eigenvalue weighted by Gasteiger charge is -2.31. The summed E-state index contributed by atoms with van der Waals surface area (Å²) >= 11 is 0. The number of nitrogens with two attached hydrogens (primary N) is 1. The molecule has 1 unspecified atom stereocenters. The molecule has 210 valence electrons. The van der Waals surface area contributed by atoms with E-state index in [4.69, 9.17) is 10.5 Å². The van der Waals surface area contributed by atoms with Crippen molar-refractivity contribution in [3.8, 4) is 11.1 Å². The topological polar surface area (TPSA) is 115 Å². The first-order valence-electron chi connectivity index (χ1n) is 14.5. The number of hydrogen-bond donors (Lipinski definition) is 3. The molecule has 1 aromatic heterocycles. The van der Waals surface area contributed by atoms with Crippen molar-refractivity contribution < 1.29 is 19.1 Å². The van der Waals surface area contributed by atoms with Gasteiger partial charge in [-0.25, -0.2) is 0 Å². The van der Waals surface area contributed by atoms with Crippen molar-refractivity contribution in [3.63, 3.8) is 0 Å². The van der Waals surface area contributed by atoms with Crippen molar-refractivity contribution in [3.05, 3.63) is 53.7 Å². The standard InChI is InChI=1S/C32H38N4O4/c1-32(2)17-27-29(23-6-3-4-8-26(23)36(27)28(37)18-32)19-9-14-22(30(33)38)25(16-19)35-20-10-12-21(13-11-20)40-31(39)24-7-5-15-34-24/h3-4,6,8-9,14,16,20-21,24,34-35H,5,7,10-13,15,17-18H2,1-2H3,(H2,33,38). The van der Waals surface area contributed by atoms with Gasteiger partial charge in [-0.3, -0.25) is 19.0 Å². The van der Waals surface area contributed by atoms with Crippen LogP contribution in [0.25, 0.3) is 22.0 Å². The zero-order valence-electron chi connectivity index (χ0n) is 23.3. The smallest absolute Gasteiger partial charge is 0.323 e. The van der Waals surface area contributed by atoms with Crippen LogP contribution < -0.4 is 16.4 Å². The molecule has 2 aromatic carbocycles. The maximum atomic E-state index is 13.3. The molecule has 1 saturated carbocycles. The van der Waals surface area contributed by atoms with Crippen LogP contribution in [0.2, 0.25) is 0 Å². The minimum Gasteiger partial charge on any atom is -0.461 e. The fourth-order valence-electron chi connectivity index (χ4n) is 6.78. The molecule has 1 atom stereocenters. The van der Waals surface area contributed by atoms with E-state index in [1.54, 1.807) is 6.07 Å². The van der Waals surface area contributed by atoms with Gasteiger partial charge in [-0.1, -0.05) is 38.1 Å². The number of benzene rings is 2. The molecular weight excluding hydrogens is 504 g/mol. The largest absolute Gasteiger partial charge is 0.461 e. The number of esters is 1. The van der Waals surface area contributed by atoms with E-state index in [0.29, 0.717) is 17.7 Å². The lowest BCUT2D eigenvalue weighted by Crippen LogP contribution is -2.37. The highest BCUT2D eigenvalue weighted by molar-refractivity contribution is 6.06. The molecule has 4 N–H and O–H groups in total. The third-order valence-corrected chi connectivity index (χ3v) is 8.73. The van der Waals surface area contributed by atoms with E-state index < -0.39 is 5.91 Å². The van der Waals surface area contributed by atoms with Gasteiger partial charge in [0.15, 0.2) is 0 Å². The Morgan fingerprint density at radius 3 is 2.55 bits per heavy atom. The normalized spacial score (nSPS) is 24.1. The molecular formula is C32H38N4O4. The molecule has 3 aliphatic rings. The van der Waals surface area contributed by atoms with Crippen LogP contribution in [0.15, 0.2) is 42.5 Å². The predicted molar refractivity (Wildman–Crippen MR) is 155 cm³/mol. The molecule has 1 amide bonds. The summed E-state index contributed by atoms with van der Waals surface area (Å²) in [6.07, 6.45) is 6.25. The van der Waals surface area contributed by atoms with Crippen LogP contribution in [0.3, 0.4) is 0 Å². The van der Waals surface area contributed by atoms with Crippen LogP contribution in [0.5, 0.6) is 0 Å². The summed E-state index contributed by atoms with van der Waals surface area (Å²) in [6, 6.07) is 13.7. The Bertz CT molecular complexity index is 1480. The van der Waals surface area contributed by atoms with Gasteiger partial charge in [0.25, 0.3) is 5.91 Å². The first kappa shape index (κ1) is 26.6. The van der Waals surface area contributed by atoms with Gasteiger partial charge in [0, 0.05) is 34.8 Å². The number of ether oxygens (including phenoxy) is 1. The highest BCUT2D eigenvalue weighted by Crippen LogP contribution is 2.43. The molecule has 0 spiro atoms. The molecule has 3 aromatic rings. The number of nitrogens with zero attached hydrogens (tertiary/aromatic N) is 1. The summed E-state index contributed by atoms with van der Waals surface area (Å²) in [5.74, 6) is -0.509. The number of aromatic nitrogens is 1. The molecule has 1 aliphatic carbocycles. The number of nitrogens with one attached hydrogen (secondary N) is 2. The second-order valence-electron chi connectivity index (χ2n) is 12.4. The SMILES string of the molecule is CC1(C)CC(=O)n2c(c(-c3ccc(C(N)=O)c(NC4CCC(OC(=O)C5CCCN5)CC4)c3)c3ccccc32)C1. The van der Waals surface area contributed by atoms with Crippen LogP contribution in [-0.2, 0) is 16.0 Å². The van der Waals surface area contributed by atoms with E-state index >= 15 is 0 Å². The van der Waals surface area contributed by atoms with Crippen molar-refractivity contribution in [2.75, 3.05) is 11.9 Å². The second-order valence-corrected chi connectivity index (χ2v) is 12.4. The molecule has 2 fully saturated rings. The van der Waals surface area contributed by atoms with E-state index in [-0.39, 0.29) is 35.5 Å². The summed E-state index contributed by atoms with van der Waals surface area (Å²) < 4.78 is 7.67. The fourth-order valence-corrected chi connectivity index (χ4v) is 6.78. The minimum absolute atomic E-state index is 0.0741. The number of anilines is 1. The quantitative estimate of drug-likeness (QED) is 0.376. The molecule has 0 radical (unpaired) electrons. The van der Waals surface area contributed by atoms with Gasteiger partial charge >= 0.3 is 5.97 Å². The van der Waals surface area contributed by atoms with Gasteiger partial charge in [-0.15, -0.1) is 0 Å². The molecule has 6 rings (SSSR count). The molecule has 40 heavy (non-hydrogen) atoms. The predicted octanol–water partition coefficient (Wildman–Crippen LogP) is 5.04. The summed E-state index contributed by atoms with van der Waals surface area (Å²) in [6.45, 7) is 5.14. The average molecular weight is 543 g/mol. The molecule has 3 heterocycles. The zero-order valence-corrected chi connectivity index (χ0v) is 23.3. The molecule has 8 heteroatoms.